The molecule has 104 valence electrons. The summed E-state index contributed by atoms with van der Waals surface area (Å²) in [5.74, 6) is 5.21. The van der Waals surface area contributed by atoms with E-state index in [2.05, 4.69) is 15.0 Å². The number of nitrogens with one attached hydrogen (secondary N) is 1. The normalized spacial score (nSPS) is 16.1. The van der Waals surface area contributed by atoms with Crippen LogP contribution in [-0.4, -0.2) is 50.8 Å². The monoisotopic (exact) mass is 284 g/mol. The summed E-state index contributed by atoms with van der Waals surface area (Å²) in [6.45, 7) is 3.06. The van der Waals surface area contributed by atoms with E-state index in [1.54, 1.807) is 4.90 Å². The number of carbonyl (C=O) groups excluding carboxylic acids is 2. The fraction of sp³-hybridized carbons (Fsp3) is 0.600. The Balaban J connectivity index is 2.02. The number of hydrazine groups is 1. The molecule has 1 aliphatic rings. The van der Waals surface area contributed by atoms with E-state index in [4.69, 9.17) is 5.84 Å². The Kier molecular flexibility index (Phi) is 4.27. The highest BCUT2D eigenvalue weighted by molar-refractivity contribution is 7.10. The van der Waals surface area contributed by atoms with Crippen molar-refractivity contribution in [3.05, 3.63) is 5.69 Å². The molecule has 3 N–H and O–H groups in total. The Morgan fingerprint density at radius 2 is 2.00 bits per heavy atom. The van der Waals surface area contributed by atoms with Gasteiger partial charge in [0.1, 0.15) is 17.2 Å². The molecule has 1 aromatic heterocycles. The highest BCUT2D eigenvalue weighted by atomic mass is 32.1. The van der Waals surface area contributed by atoms with Crippen molar-refractivity contribution in [3.63, 3.8) is 0 Å². The van der Waals surface area contributed by atoms with Crippen molar-refractivity contribution in [1.82, 2.24) is 19.4 Å². The number of nitrogens with two attached hydrogens (primary N) is 1. The maximum Gasteiger partial charge on any atom is 0.243 e. The van der Waals surface area contributed by atoms with E-state index in [0.29, 0.717) is 17.2 Å². The largest absolute Gasteiger partial charge is 0.332 e. The van der Waals surface area contributed by atoms with Crippen LogP contribution in [0.1, 0.15) is 19.0 Å². The summed E-state index contributed by atoms with van der Waals surface area (Å²) in [6, 6.07) is 0. The first-order valence-electron chi connectivity index (χ1n) is 5.99. The van der Waals surface area contributed by atoms with Crippen molar-refractivity contribution in [2.24, 2.45) is 5.84 Å². The van der Waals surface area contributed by atoms with Crippen molar-refractivity contribution < 1.29 is 9.59 Å². The van der Waals surface area contributed by atoms with Gasteiger partial charge in [0.15, 0.2) is 0 Å². The molecular weight excluding hydrogens is 268 g/mol. The van der Waals surface area contributed by atoms with Gasteiger partial charge in [0.25, 0.3) is 0 Å². The third kappa shape index (κ3) is 2.99. The quantitative estimate of drug-likeness (QED) is 0.553. The number of nitrogens with zero attached hydrogens (tertiary/aromatic N) is 4. The van der Waals surface area contributed by atoms with Gasteiger partial charge in [0, 0.05) is 18.1 Å². The molecule has 1 aromatic rings. The lowest BCUT2D eigenvalue weighted by atomic mass is 10.2. The van der Waals surface area contributed by atoms with Crippen molar-refractivity contribution in [1.29, 1.82) is 0 Å². The van der Waals surface area contributed by atoms with Gasteiger partial charge in [0.05, 0.1) is 13.1 Å². The second-order valence-corrected chi connectivity index (χ2v) is 5.01. The number of anilines is 1. The van der Waals surface area contributed by atoms with Gasteiger partial charge in [-0.2, -0.15) is 0 Å². The fourth-order valence-electron chi connectivity index (χ4n) is 1.92. The molecule has 9 heteroatoms. The Morgan fingerprint density at radius 3 is 2.68 bits per heavy atom. The molecular formula is C10H16N6O2S. The van der Waals surface area contributed by atoms with E-state index in [1.165, 1.54) is 4.90 Å². The number of rotatable bonds is 5. The average Bonchev–Trinajstić information content (AvgIpc) is 2.83. The molecule has 0 aliphatic carbocycles. The fourth-order valence-corrected chi connectivity index (χ4v) is 2.41. The van der Waals surface area contributed by atoms with Gasteiger partial charge in [-0.05, 0) is 6.42 Å². The molecule has 8 nitrogen and oxygen atoms in total. The predicted octanol–water partition coefficient (Wildman–Crippen LogP) is -0.595. The van der Waals surface area contributed by atoms with Crippen LogP contribution in [0.2, 0.25) is 0 Å². The average molecular weight is 284 g/mol. The van der Waals surface area contributed by atoms with Gasteiger partial charge in [-0.15, -0.1) is 5.10 Å². The summed E-state index contributed by atoms with van der Waals surface area (Å²) in [5.41, 5.74) is 3.06. The molecule has 0 bridgehead atoms. The zero-order chi connectivity index (χ0) is 13.8. The maximum atomic E-state index is 12.0. The van der Waals surface area contributed by atoms with E-state index in [1.807, 2.05) is 6.92 Å². The van der Waals surface area contributed by atoms with Gasteiger partial charge in [-0.3, -0.25) is 9.59 Å². The lowest BCUT2D eigenvalue weighted by Crippen LogP contribution is -2.53. The minimum Gasteiger partial charge on any atom is -0.332 e. The third-order valence-electron chi connectivity index (χ3n) is 2.88. The second kappa shape index (κ2) is 5.93. The topological polar surface area (TPSA) is 104 Å². The predicted molar refractivity (Wildman–Crippen MR) is 70.0 cm³/mol. The first-order valence-corrected chi connectivity index (χ1v) is 6.76. The van der Waals surface area contributed by atoms with Crippen LogP contribution in [0, 0.1) is 0 Å². The number of hydrogen-bond donors (Lipinski definition) is 2. The molecule has 2 amide bonds. The van der Waals surface area contributed by atoms with Gasteiger partial charge in [-0.25, -0.2) is 5.84 Å². The Morgan fingerprint density at radius 1 is 1.32 bits per heavy atom. The minimum atomic E-state index is -0.0796. The summed E-state index contributed by atoms with van der Waals surface area (Å²) < 4.78 is 3.76. The van der Waals surface area contributed by atoms with Crippen LogP contribution in [0.25, 0.3) is 0 Å². The van der Waals surface area contributed by atoms with Gasteiger partial charge >= 0.3 is 0 Å². The van der Waals surface area contributed by atoms with Crippen LogP contribution in [0.3, 0.4) is 0 Å². The maximum absolute atomic E-state index is 12.0. The summed E-state index contributed by atoms with van der Waals surface area (Å²) >= 11 is 1.12. The molecule has 1 aliphatic heterocycles. The molecule has 0 unspecified atom stereocenters. The molecule has 0 aromatic carbocycles. The van der Waals surface area contributed by atoms with E-state index in [0.717, 1.165) is 18.0 Å². The highest BCUT2D eigenvalue weighted by Crippen LogP contribution is 2.19. The van der Waals surface area contributed by atoms with Crippen LogP contribution in [0.4, 0.5) is 5.00 Å². The van der Waals surface area contributed by atoms with Crippen molar-refractivity contribution in [3.8, 4) is 0 Å². The van der Waals surface area contributed by atoms with Crippen molar-refractivity contribution in [2.45, 2.75) is 19.9 Å². The number of carbonyl (C=O) groups is 2. The van der Waals surface area contributed by atoms with Crippen molar-refractivity contribution >= 4 is 28.3 Å². The Hall–Kier alpha value is -1.74. The van der Waals surface area contributed by atoms with Crippen LogP contribution in [0.5, 0.6) is 0 Å². The van der Waals surface area contributed by atoms with E-state index < -0.39 is 0 Å². The molecule has 2 rings (SSSR count). The standard InChI is InChI=1S/C10H16N6O2S/c1-2-3-15-5-9(18)16(6-8(15)17)4-7-10(12-11)19-14-13-7/h12H,2-6,11H2,1H3. The highest BCUT2D eigenvalue weighted by Gasteiger charge is 2.30. The number of aromatic nitrogens is 2. The van der Waals surface area contributed by atoms with Gasteiger partial charge in [-0.1, -0.05) is 11.4 Å². The van der Waals surface area contributed by atoms with Crippen molar-refractivity contribution in [2.75, 3.05) is 25.1 Å². The first-order chi connectivity index (χ1) is 9.15. The molecule has 1 saturated heterocycles. The SMILES string of the molecule is CCCN1CC(=O)N(Cc2nnsc2NN)CC1=O. The Bertz CT molecular complexity index is 476. The zero-order valence-electron chi connectivity index (χ0n) is 10.6. The van der Waals surface area contributed by atoms with E-state index in [-0.39, 0.29) is 31.4 Å². The number of piperazine rings is 1. The summed E-state index contributed by atoms with van der Waals surface area (Å²) in [4.78, 5) is 26.9. The smallest absolute Gasteiger partial charge is 0.243 e. The minimum absolute atomic E-state index is 0.0353. The first kappa shape index (κ1) is 13.7. The van der Waals surface area contributed by atoms with E-state index >= 15 is 0 Å². The summed E-state index contributed by atoms with van der Waals surface area (Å²) in [6.07, 6.45) is 0.844. The van der Waals surface area contributed by atoms with Crippen LogP contribution >= 0.6 is 11.5 Å². The molecule has 0 spiro atoms. The van der Waals surface area contributed by atoms with Crippen LogP contribution in [-0.2, 0) is 16.1 Å². The summed E-state index contributed by atoms with van der Waals surface area (Å²) in [7, 11) is 0. The number of hydrogen-bond acceptors (Lipinski definition) is 7. The van der Waals surface area contributed by atoms with Crippen LogP contribution in [0.15, 0.2) is 0 Å². The second-order valence-electron chi connectivity index (χ2n) is 4.26. The molecule has 0 saturated carbocycles. The van der Waals surface area contributed by atoms with Crippen LogP contribution < -0.4 is 11.3 Å². The Labute approximate surface area is 114 Å². The molecule has 0 atom stereocenters. The third-order valence-corrected chi connectivity index (χ3v) is 3.58. The number of amides is 2. The zero-order valence-corrected chi connectivity index (χ0v) is 11.4. The molecule has 0 radical (unpaired) electrons. The molecule has 1 fully saturated rings. The molecule has 19 heavy (non-hydrogen) atoms. The summed E-state index contributed by atoms with van der Waals surface area (Å²) in [5, 5.41) is 4.51. The van der Waals surface area contributed by atoms with Gasteiger partial charge < -0.3 is 15.2 Å². The number of nitrogen functional groups attached to an aromatic ring is 1. The van der Waals surface area contributed by atoms with Gasteiger partial charge in [0.2, 0.25) is 11.8 Å². The van der Waals surface area contributed by atoms with E-state index in [9.17, 15) is 9.59 Å². The molecule has 2 heterocycles. The lowest BCUT2D eigenvalue weighted by molar-refractivity contribution is -0.150. The lowest BCUT2D eigenvalue weighted by Gasteiger charge is -2.33.